The van der Waals surface area contributed by atoms with Gasteiger partial charge in [0.2, 0.25) is 11.8 Å². The third kappa shape index (κ3) is 7.54. The molecule has 1 aliphatic heterocycles. The highest BCUT2D eigenvalue weighted by Gasteiger charge is 2.22. The number of anilines is 2. The van der Waals surface area contributed by atoms with Crippen molar-refractivity contribution in [2.24, 2.45) is 0 Å². The van der Waals surface area contributed by atoms with Crippen LogP contribution in [0.15, 0.2) is 55.0 Å². The van der Waals surface area contributed by atoms with Gasteiger partial charge >= 0.3 is 6.09 Å². The molecule has 0 spiro atoms. The fraction of sp³-hybridized carbons (Fsp3) is 0.250. The molecule has 14 nitrogen and oxygen atoms in total. The Kier molecular flexibility index (Phi) is 9.26. The molecule has 2 aromatic heterocycles. The minimum Gasteiger partial charge on any atom is -0.453 e. The van der Waals surface area contributed by atoms with E-state index in [9.17, 15) is 14.4 Å². The maximum Gasteiger partial charge on any atom is 0.411 e. The monoisotopic (exact) mass is 604 g/mol. The largest absolute Gasteiger partial charge is 0.453 e. The second-order valence-corrected chi connectivity index (χ2v) is 10.0. The van der Waals surface area contributed by atoms with Crippen LogP contribution in [0.3, 0.4) is 0 Å². The number of fused-ring (bicyclic) bond motifs is 4. The second-order valence-electron chi connectivity index (χ2n) is 9.60. The van der Waals surface area contributed by atoms with E-state index in [0.717, 1.165) is 24.1 Å². The minimum atomic E-state index is -0.746. The molecule has 3 heterocycles. The summed E-state index contributed by atoms with van der Waals surface area (Å²) in [6.45, 7) is 1.13. The van der Waals surface area contributed by atoms with E-state index in [1.807, 2.05) is 12.1 Å². The Morgan fingerprint density at radius 3 is 2.77 bits per heavy atom. The predicted octanol–water partition coefficient (Wildman–Crippen LogP) is 3.47. The Labute approximate surface area is 251 Å². The Morgan fingerprint density at radius 1 is 1.14 bits per heavy atom. The number of ether oxygens (including phenoxy) is 1. The molecule has 0 unspecified atom stereocenters. The summed E-state index contributed by atoms with van der Waals surface area (Å²) in [6.07, 6.45) is 6.97. The van der Waals surface area contributed by atoms with Gasteiger partial charge in [-0.15, -0.1) is 5.10 Å². The third-order valence-corrected chi connectivity index (χ3v) is 6.85. The van der Waals surface area contributed by atoms with Crippen molar-refractivity contribution in [2.45, 2.75) is 25.3 Å². The van der Waals surface area contributed by atoms with Gasteiger partial charge in [0.05, 0.1) is 37.2 Å². The number of imidazole rings is 1. The maximum atomic E-state index is 13.1. The van der Waals surface area contributed by atoms with E-state index < -0.39 is 18.0 Å². The molecule has 5 N–H and O–H groups in total. The fourth-order valence-electron chi connectivity index (χ4n) is 4.52. The standard InChI is InChI=1S/C28H29ClN10O4/c1-43-28(42)34-19-6-7-20-21(13-19)30-10-2-3-11-31-26(41)14-22(27-32-15-23(20)36-27)35-25(40)9-4-17-12-18(29)5-8-24(17)39-16-33-37-38-39/h4-9,12-13,15-16,22,30H,2-3,10-11,14H2,1H3,(H,31,41)(H,32,36)(H,34,42)(H,35,40)/b9-4+/t22-/m0/s1. The van der Waals surface area contributed by atoms with Crippen molar-refractivity contribution in [3.05, 3.63) is 71.4 Å². The van der Waals surface area contributed by atoms with Crippen LogP contribution in [-0.4, -0.2) is 68.3 Å². The molecule has 43 heavy (non-hydrogen) atoms. The zero-order valence-electron chi connectivity index (χ0n) is 23.1. The minimum absolute atomic E-state index is 0.0212. The quantitative estimate of drug-likeness (QED) is 0.213. The number of carbonyl (C=O) groups excluding carboxylic acids is 3. The van der Waals surface area contributed by atoms with Gasteiger partial charge in [-0.25, -0.2) is 9.78 Å². The van der Waals surface area contributed by atoms with Gasteiger partial charge in [0.15, 0.2) is 0 Å². The molecule has 0 saturated carbocycles. The molecule has 1 aliphatic rings. The van der Waals surface area contributed by atoms with E-state index in [4.69, 9.17) is 16.3 Å². The average Bonchev–Trinajstić information content (AvgIpc) is 3.70. The summed E-state index contributed by atoms with van der Waals surface area (Å²) >= 11 is 6.19. The number of nitrogens with zero attached hydrogens (tertiary/aromatic N) is 5. The second kappa shape index (κ2) is 13.6. The molecule has 1 atom stereocenters. The van der Waals surface area contributed by atoms with Crippen molar-refractivity contribution in [1.82, 2.24) is 40.8 Å². The highest BCUT2D eigenvalue weighted by Crippen LogP contribution is 2.31. The first kappa shape index (κ1) is 29.3. The number of halogens is 1. The number of hydrogen-bond acceptors (Lipinski definition) is 9. The van der Waals surface area contributed by atoms with Crippen LogP contribution in [0, 0.1) is 0 Å². The van der Waals surface area contributed by atoms with Crippen LogP contribution in [-0.2, 0) is 14.3 Å². The van der Waals surface area contributed by atoms with Crippen molar-refractivity contribution >= 4 is 47.0 Å². The molecule has 2 aromatic carbocycles. The molecular weight excluding hydrogens is 576 g/mol. The summed E-state index contributed by atoms with van der Waals surface area (Å²) in [4.78, 5) is 45.4. The molecule has 0 radical (unpaired) electrons. The Morgan fingerprint density at radius 2 is 1.98 bits per heavy atom. The highest BCUT2D eigenvalue weighted by molar-refractivity contribution is 6.30. The predicted molar refractivity (Wildman–Crippen MR) is 159 cm³/mol. The normalized spacial score (nSPS) is 15.5. The molecule has 4 aromatic rings. The topological polar surface area (TPSA) is 181 Å². The zero-order chi connectivity index (χ0) is 30.2. The number of aromatic nitrogens is 6. The zero-order valence-corrected chi connectivity index (χ0v) is 23.9. The van der Waals surface area contributed by atoms with E-state index in [1.54, 1.807) is 36.5 Å². The van der Waals surface area contributed by atoms with Crippen molar-refractivity contribution < 1.29 is 19.1 Å². The molecule has 3 amide bonds. The number of H-pyrrole nitrogens is 1. The summed E-state index contributed by atoms with van der Waals surface area (Å²) < 4.78 is 6.17. The van der Waals surface area contributed by atoms with Gasteiger partial charge < -0.3 is 25.7 Å². The van der Waals surface area contributed by atoms with Crippen LogP contribution >= 0.6 is 11.6 Å². The lowest BCUT2D eigenvalue weighted by Gasteiger charge is -2.17. The van der Waals surface area contributed by atoms with Crippen molar-refractivity contribution in [2.75, 3.05) is 30.8 Å². The number of rotatable bonds is 5. The number of carbonyl (C=O) groups is 3. The van der Waals surface area contributed by atoms with Crippen molar-refractivity contribution in [1.29, 1.82) is 0 Å². The van der Waals surface area contributed by atoms with Gasteiger partial charge in [-0.3, -0.25) is 14.9 Å². The molecule has 0 aliphatic carbocycles. The van der Waals surface area contributed by atoms with Gasteiger partial charge in [-0.1, -0.05) is 11.6 Å². The lowest BCUT2D eigenvalue weighted by atomic mass is 10.1. The summed E-state index contributed by atoms with van der Waals surface area (Å²) in [5.74, 6) is -0.254. The summed E-state index contributed by atoms with van der Waals surface area (Å²) in [5.41, 5.74) is 4.05. The average molecular weight is 605 g/mol. The fourth-order valence-corrected chi connectivity index (χ4v) is 4.70. The molecule has 222 valence electrons. The van der Waals surface area contributed by atoms with E-state index in [1.165, 1.54) is 24.2 Å². The summed E-state index contributed by atoms with van der Waals surface area (Å²) in [5, 5.41) is 23.6. The van der Waals surface area contributed by atoms with Gasteiger partial charge in [-0.05, 0) is 65.7 Å². The smallest absolute Gasteiger partial charge is 0.411 e. The van der Waals surface area contributed by atoms with E-state index >= 15 is 0 Å². The van der Waals surface area contributed by atoms with Gasteiger partial charge in [0, 0.05) is 46.7 Å². The lowest BCUT2D eigenvalue weighted by Crippen LogP contribution is -2.34. The SMILES string of the molecule is COC(=O)Nc1ccc2c(c1)NCCCCNC(=O)C[C@H](NC(=O)/C=C/c1cc(Cl)ccc1-n1cnnn1)c1ncc-2[nH]1. The first-order valence-corrected chi connectivity index (χ1v) is 13.8. The van der Waals surface area contributed by atoms with Crippen LogP contribution < -0.4 is 21.3 Å². The Balaban J connectivity index is 1.40. The lowest BCUT2D eigenvalue weighted by molar-refractivity contribution is -0.122. The van der Waals surface area contributed by atoms with E-state index in [0.29, 0.717) is 46.6 Å². The molecule has 0 fully saturated rings. The number of amides is 3. The number of nitrogens with one attached hydrogen (secondary N) is 5. The number of hydrogen-bond donors (Lipinski definition) is 5. The van der Waals surface area contributed by atoms with Gasteiger partial charge in [0.1, 0.15) is 12.2 Å². The van der Waals surface area contributed by atoms with Gasteiger partial charge in [0.25, 0.3) is 0 Å². The first-order valence-electron chi connectivity index (χ1n) is 13.5. The number of tetrazole rings is 1. The molecule has 15 heteroatoms. The van der Waals surface area contributed by atoms with Crippen LogP contribution in [0.5, 0.6) is 0 Å². The van der Waals surface area contributed by atoms with E-state index in [2.05, 4.69) is 46.8 Å². The Hall–Kier alpha value is -5.24. The van der Waals surface area contributed by atoms with E-state index in [-0.39, 0.29) is 12.3 Å². The molecule has 2 bridgehead atoms. The Bertz CT molecular complexity index is 1640. The van der Waals surface area contributed by atoms with Crippen LogP contribution in [0.1, 0.15) is 36.7 Å². The molecule has 5 rings (SSSR count). The number of aromatic amines is 1. The van der Waals surface area contributed by atoms with Crippen LogP contribution in [0.2, 0.25) is 5.02 Å². The third-order valence-electron chi connectivity index (χ3n) is 6.61. The number of benzene rings is 2. The van der Waals surface area contributed by atoms with Crippen molar-refractivity contribution in [3.8, 4) is 16.9 Å². The molecular formula is C28H29ClN10O4. The van der Waals surface area contributed by atoms with Gasteiger partial charge in [-0.2, -0.15) is 4.68 Å². The maximum absolute atomic E-state index is 13.1. The summed E-state index contributed by atoms with van der Waals surface area (Å²) in [7, 11) is 1.30. The summed E-state index contributed by atoms with van der Waals surface area (Å²) in [6, 6.07) is 9.78. The van der Waals surface area contributed by atoms with Crippen molar-refractivity contribution in [3.63, 3.8) is 0 Å². The van der Waals surface area contributed by atoms with Crippen LogP contribution in [0.4, 0.5) is 16.2 Å². The molecule has 0 saturated heterocycles. The number of methoxy groups -OCH3 is 1. The van der Waals surface area contributed by atoms with Crippen LogP contribution in [0.25, 0.3) is 23.0 Å². The highest BCUT2D eigenvalue weighted by atomic mass is 35.5. The first-order chi connectivity index (χ1) is 20.9.